The van der Waals surface area contributed by atoms with E-state index in [2.05, 4.69) is 35.1 Å². The summed E-state index contributed by atoms with van der Waals surface area (Å²) < 4.78 is 11.2. The number of fused-ring (bicyclic) bond motifs is 2. The van der Waals surface area contributed by atoms with Crippen molar-refractivity contribution >= 4 is 28.4 Å². The van der Waals surface area contributed by atoms with Gasteiger partial charge in [-0.1, -0.05) is 12.1 Å². The van der Waals surface area contributed by atoms with Gasteiger partial charge in [-0.15, -0.1) is 0 Å². The van der Waals surface area contributed by atoms with E-state index in [4.69, 9.17) is 14.5 Å². The van der Waals surface area contributed by atoms with E-state index in [1.807, 2.05) is 36.4 Å². The Morgan fingerprint density at radius 2 is 1.73 bits per heavy atom. The summed E-state index contributed by atoms with van der Waals surface area (Å²) in [4.78, 5) is 11.7. The topological polar surface area (TPSA) is 59.5 Å². The minimum Gasteiger partial charge on any atom is -0.486 e. The molecule has 4 rings (SSSR count). The maximum atomic E-state index is 5.65. The molecule has 3 aromatic rings. The van der Waals surface area contributed by atoms with Crippen LogP contribution in [0.4, 0.5) is 17.5 Å². The van der Waals surface area contributed by atoms with Crippen LogP contribution in [0.15, 0.2) is 42.5 Å². The molecule has 2 heterocycles. The quantitative estimate of drug-likeness (QED) is 0.751. The lowest BCUT2D eigenvalue weighted by Crippen LogP contribution is -2.23. The third kappa shape index (κ3) is 3.10. The van der Waals surface area contributed by atoms with Crippen LogP contribution in [0.3, 0.4) is 0 Å². The van der Waals surface area contributed by atoms with Gasteiger partial charge < -0.3 is 19.7 Å². The zero-order valence-electron chi connectivity index (χ0n) is 15.0. The lowest BCUT2D eigenvalue weighted by Gasteiger charge is -2.22. The molecule has 0 fully saturated rings. The van der Waals surface area contributed by atoms with Crippen molar-refractivity contribution in [2.75, 3.05) is 36.5 Å². The molecule has 2 aromatic carbocycles. The van der Waals surface area contributed by atoms with Crippen LogP contribution in [0.5, 0.6) is 11.5 Å². The fourth-order valence-electron chi connectivity index (χ4n) is 3.13. The summed E-state index contributed by atoms with van der Waals surface area (Å²) in [6.45, 7) is 7.19. The largest absolute Gasteiger partial charge is 0.486 e. The van der Waals surface area contributed by atoms with Gasteiger partial charge in [-0.3, -0.25) is 0 Å². The molecule has 0 spiro atoms. The first kappa shape index (κ1) is 16.4. The Morgan fingerprint density at radius 3 is 2.54 bits per heavy atom. The van der Waals surface area contributed by atoms with E-state index < -0.39 is 0 Å². The van der Waals surface area contributed by atoms with Gasteiger partial charge in [-0.25, -0.2) is 4.98 Å². The number of para-hydroxylation sites is 1. The van der Waals surface area contributed by atoms with E-state index in [1.165, 1.54) is 0 Å². The molecule has 26 heavy (non-hydrogen) atoms. The second-order valence-electron chi connectivity index (χ2n) is 6.04. The summed E-state index contributed by atoms with van der Waals surface area (Å²) in [6.07, 6.45) is 0. The second kappa shape index (κ2) is 7.07. The third-order valence-corrected chi connectivity index (χ3v) is 4.44. The fraction of sp³-hybridized carbons (Fsp3) is 0.300. The number of benzene rings is 2. The van der Waals surface area contributed by atoms with Crippen LogP contribution in [0, 0.1) is 0 Å². The molecule has 6 heteroatoms. The molecule has 0 amide bonds. The highest BCUT2D eigenvalue weighted by molar-refractivity contribution is 5.90. The van der Waals surface area contributed by atoms with Crippen LogP contribution < -0.4 is 19.7 Å². The number of nitrogens with one attached hydrogen (secondary N) is 1. The molecule has 0 unspecified atom stereocenters. The Morgan fingerprint density at radius 1 is 0.962 bits per heavy atom. The molecule has 1 aliphatic heterocycles. The fourth-order valence-corrected chi connectivity index (χ4v) is 3.13. The number of hydrogen-bond acceptors (Lipinski definition) is 6. The first-order chi connectivity index (χ1) is 12.8. The third-order valence-electron chi connectivity index (χ3n) is 4.44. The van der Waals surface area contributed by atoms with E-state index >= 15 is 0 Å². The van der Waals surface area contributed by atoms with Gasteiger partial charge in [0.15, 0.2) is 11.5 Å². The van der Waals surface area contributed by atoms with E-state index in [9.17, 15) is 0 Å². The average Bonchev–Trinajstić information content (AvgIpc) is 2.69. The molecule has 1 aliphatic rings. The van der Waals surface area contributed by atoms with Gasteiger partial charge in [0.05, 0.1) is 5.52 Å². The minimum absolute atomic E-state index is 0.565. The lowest BCUT2D eigenvalue weighted by atomic mass is 10.2. The molecular weight excluding hydrogens is 328 g/mol. The number of hydrogen-bond donors (Lipinski definition) is 1. The Bertz CT molecular complexity index is 925. The average molecular weight is 350 g/mol. The Balaban J connectivity index is 1.72. The van der Waals surface area contributed by atoms with Crippen molar-refractivity contribution in [3.63, 3.8) is 0 Å². The van der Waals surface area contributed by atoms with Crippen molar-refractivity contribution < 1.29 is 9.47 Å². The molecule has 0 saturated carbocycles. The molecule has 0 bridgehead atoms. The predicted octanol–water partition coefficient (Wildman–Crippen LogP) is 3.99. The highest BCUT2D eigenvalue weighted by Crippen LogP contribution is 2.34. The first-order valence-corrected chi connectivity index (χ1v) is 8.97. The van der Waals surface area contributed by atoms with E-state index in [0.29, 0.717) is 19.2 Å². The van der Waals surface area contributed by atoms with Crippen LogP contribution in [0.1, 0.15) is 13.8 Å². The molecular formula is C20H22N4O2. The zero-order valence-corrected chi connectivity index (χ0v) is 15.0. The normalized spacial score (nSPS) is 12.8. The second-order valence-corrected chi connectivity index (χ2v) is 6.04. The number of anilines is 3. The van der Waals surface area contributed by atoms with Crippen molar-refractivity contribution in [2.24, 2.45) is 0 Å². The van der Waals surface area contributed by atoms with Crippen molar-refractivity contribution in [3.8, 4) is 11.5 Å². The van der Waals surface area contributed by atoms with Crippen LogP contribution >= 0.6 is 0 Å². The minimum atomic E-state index is 0.565. The highest BCUT2D eigenvalue weighted by Gasteiger charge is 2.14. The van der Waals surface area contributed by atoms with Gasteiger partial charge >= 0.3 is 0 Å². The summed E-state index contributed by atoms with van der Waals surface area (Å²) in [5.74, 6) is 3.03. The van der Waals surface area contributed by atoms with Gasteiger partial charge in [0, 0.05) is 30.2 Å². The SMILES string of the molecule is CCN(CC)c1nc(Nc2ccc3c(c2)OCCO3)nc2ccccc12. The van der Waals surface area contributed by atoms with Crippen LogP contribution in [-0.4, -0.2) is 36.3 Å². The Kier molecular flexibility index (Phi) is 4.48. The maximum Gasteiger partial charge on any atom is 0.229 e. The molecule has 0 radical (unpaired) electrons. The van der Waals surface area contributed by atoms with Gasteiger partial charge in [-0.2, -0.15) is 4.98 Å². The molecule has 0 atom stereocenters. The Hall–Kier alpha value is -3.02. The summed E-state index contributed by atoms with van der Waals surface area (Å²) in [5.41, 5.74) is 1.79. The summed E-state index contributed by atoms with van der Waals surface area (Å²) in [6, 6.07) is 13.9. The van der Waals surface area contributed by atoms with Crippen molar-refractivity contribution in [2.45, 2.75) is 13.8 Å². The summed E-state index contributed by atoms with van der Waals surface area (Å²) in [7, 11) is 0. The van der Waals surface area contributed by atoms with E-state index in [0.717, 1.165) is 47.0 Å². The maximum absolute atomic E-state index is 5.65. The zero-order chi connectivity index (χ0) is 17.9. The van der Waals surface area contributed by atoms with E-state index in [-0.39, 0.29) is 0 Å². The van der Waals surface area contributed by atoms with Gasteiger partial charge in [0.25, 0.3) is 0 Å². The molecule has 1 N–H and O–H groups in total. The van der Waals surface area contributed by atoms with Gasteiger partial charge in [0.2, 0.25) is 5.95 Å². The summed E-state index contributed by atoms with van der Waals surface area (Å²) in [5, 5.41) is 4.36. The van der Waals surface area contributed by atoms with Crippen LogP contribution in [-0.2, 0) is 0 Å². The standard InChI is InChI=1S/C20H22N4O2/c1-3-24(4-2)19-15-7-5-6-8-16(15)22-20(23-19)21-14-9-10-17-18(13-14)26-12-11-25-17/h5-10,13H,3-4,11-12H2,1-2H3,(H,21,22,23). The number of nitrogens with zero attached hydrogens (tertiary/aromatic N) is 3. The number of rotatable bonds is 5. The monoisotopic (exact) mass is 350 g/mol. The van der Waals surface area contributed by atoms with E-state index in [1.54, 1.807) is 0 Å². The highest BCUT2D eigenvalue weighted by atomic mass is 16.6. The van der Waals surface area contributed by atoms with Gasteiger partial charge in [-0.05, 0) is 38.1 Å². The smallest absolute Gasteiger partial charge is 0.229 e. The van der Waals surface area contributed by atoms with Crippen molar-refractivity contribution in [3.05, 3.63) is 42.5 Å². The van der Waals surface area contributed by atoms with Crippen LogP contribution in [0.2, 0.25) is 0 Å². The molecule has 6 nitrogen and oxygen atoms in total. The lowest BCUT2D eigenvalue weighted by molar-refractivity contribution is 0.171. The molecule has 0 saturated heterocycles. The van der Waals surface area contributed by atoms with Crippen molar-refractivity contribution in [1.29, 1.82) is 0 Å². The van der Waals surface area contributed by atoms with Gasteiger partial charge in [0.1, 0.15) is 19.0 Å². The summed E-state index contributed by atoms with van der Waals surface area (Å²) >= 11 is 0. The Labute approximate surface area is 152 Å². The van der Waals surface area contributed by atoms with Crippen molar-refractivity contribution in [1.82, 2.24) is 9.97 Å². The predicted molar refractivity (Wildman–Crippen MR) is 104 cm³/mol. The number of aromatic nitrogens is 2. The molecule has 134 valence electrons. The number of ether oxygens (including phenoxy) is 2. The molecule has 1 aromatic heterocycles. The molecule has 0 aliphatic carbocycles. The first-order valence-electron chi connectivity index (χ1n) is 8.97. The van der Waals surface area contributed by atoms with Crippen LogP contribution in [0.25, 0.3) is 10.9 Å².